The van der Waals surface area contributed by atoms with Gasteiger partial charge < -0.3 is 15.4 Å². The zero-order valence-electron chi connectivity index (χ0n) is 6.38. The van der Waals surface area contributed by atoms with Gasteiger partial charge in [-0.15, -0.1) is 0 Å². The van der Waals surface area contributed by atoms with E-state index in [-0.39, 0.29) is 18.3 Å². The van der Waals surface area contributed by atoms with Gasteiger partial charge >= 0.3 is 0 Å². The van der Waals surface area contributed by atoms with E-state index in [1.54, 1.807) is 4.90 Å². The van der Waals surface area contributed by atoms with Gasteiger partial charge in [0.15, 0.2) is 12.3 Å². The molecule has 0 radical (unpaired) electrons. The molecule has 64 valence electrons. The lowest BCUT2D eigenvalue weighted by molar-refractivity contribution is -0.120. The van der Waals surface area contributed by atoms with Crippen LogP contribution in [0, 0.1) is 0 Å². The lowest BCUT2D eigenvalue weighted by Crippen LogP contribution is -2.41. The third kappa shape index (κ3) is 0.939. The van der Waals surface area contributed by atoms with Crippen LogP contribution in [0.3, 0.4) is 0 Å². The lowest BCUT2D eigenvalue weighted by Gasteiger charge is -2.27. The van der Waals surface area contributed by atoms with Crippen molar-refractivity contribution in [1.29, 1.82) is 0 Å². The van der Waals surface area contributed by atoms with Crippen LogP contribution in [0.15, 0.2) is 17.1 Å². The highest BCUT2D eigenvalue weighted by atomic mass is 16.5. The third-order valence-electron chi connectivity index (χ3n) is 1.93. The van der Waals surface area contributed by atoms with E-state index in [0.29, 0.717) is 6.54 Å². The molecule has 0 spiro atoms. The highest BCUT2D eigenvalue weighted by Crippen LogP contribution is 2.19. The number of nitrogens with zero attached hydrogens (tertiary/aromatic N) is 2. The summed E-state index contributed by atoms with van der Waals surface area (Å²) in [7, 11) is 0. The Kier molecular flexibility index (Phi) is 1.49. The molecule has 2 rings (SSSR count). The molecule has 1 amide bonds. The van der Waals surface area contributed by atoms with Crippen molar-refractivity contribution in [3.63, 3.8) is 0 Å². The molecular formula is C7H9N3O2. The second kappa shape index (κ2) is 2.51. The van der Waals surface area contributed by atoms with Crippen LogP contribution in [0.5, 0.6) is 0 Å². The van der Waals surface area contributed by atoms with Gasteiger partial charge in [-0.25, -0.2) is 4.99 Å². The second-order valence-corrected chi connectivity index (χ2v) is 2.69. The first-order valence-electron chi connectivity index (χ1n) is 3.69. The predicted octanol–water partition coefficient (Wildman–Crippen LogP) is -0.946. The molecule has 5 heteroatoms. The topological polar surface area (TPSA) is 67.9 Å². The van der Waals surface area contributed by atoms with Gasteiger partial charge in [-0.3, -0.25) is 4.79 Å². The van der Waals surface area contributed by atoms with Crippen LogP contribution in [0.25, 0.3) is 0 Å². The average molecular weight is 167 g/mol. The van der Waals surface area contributed by atoms with E-state index in [1.807, 2.05) is 12.2 Å². The van der Waals surface area contributed by atoms with Crippen molar-refractivity contribution in [3.05, 3.63) is 12.2 Å². The maximum Gasteiger partial charge on any atom is 0.284 e. The number of nitrogens with two attached hydrogens (primary N) is 1. The average Bonchev–Trinajstić information content (AvgIpc) is 2.44. The molecule has 0 bridgehead atoms. The van der Waals surface area contributed by atoms with Gasteiger partial charge in [-0.05, 0) is 6.08 Å². The van der Waals surface area contributed by atoms with E-state index >= 15 is 0 Å². The molecule has 2 aliphatic heterocycles. The molecular weight excluding hydrogens is 158 g/mol. The van der Waals surface area contributed by atoms with Gasteiger partial charge in [0.05, 0.1) is 0 Å². The number of carbonyl (C=O) groups excluding carboxylic acids is 1. The molecule has 0 aliphatic carbocycles. The normalized spacial score (nSPS) is 32.3. The lowest BCUT2D eigenvalue weighted by atomic mass is 10.2. The quantitative estimate of drug-likeness (QED) is 0.404. The summed E-state index contributed by atoms with van der Waals surface area (Å²) in [5.41, 5.74) is 5.36. The van der Waals surface area contributed by atoms with Crippen LogP contribution in [-0.4, -0.2) is 36.1 Å². The summed E-state index contributed by atoms with van der Waals surface area (Å²) in [6.45, 7) is 0.574. The van der Waals surface area contributed by atoms with E-state index in [1.165, 1.54) is 0 Å². The van der Waals surface area contributed by atoms with E-state index < -0.39 is 0 Å². The minimum atomic E-state index is -0.257. The monoisotopic (exact) mass is 167 g/mol. The summed E-state index contributed by atoms with van der Waals surface area (Å²) >= 11 is 0. The summed E-state index contributed by atoms with van der Waals surface area (Å²) in [6.07, 6.45) is 4.04. The molecule has 0 unspecified atom stereocenters. The van der Waals surface area contributed by atoms with Gasteiger partial charge in [0.25, 0.3) is 6.02 Å². The van der Waals surface area contributed by atoms with Crippen LogP contribution in [0.4, 0.5) is 0 Å². The van der Waals surface area contributed by atoms with Crippen LogP contribution < -0.4 is 5.73 Å². The van der Waals surface area contributed by atoms with E-state index in [4.69, 9.17) is 10.5 Å². The Morgan fingerprint density at radius 1 is 1.83 bits per heavy atom. The number of amidine groups is 1. The third-order valence-corrected chi connectivity index (χ3v) is 1.93. The van der Waals surface area contributed by atoms with Crippen molar-refractivity contribution in [2.45, 2.75) is 12.3 Å². The number of carbonyl (C=O) groups is 1. The Bertz CT molecular complexity index is 261. The molecule has 5 nitrogen and oxygen atoms in total. The molecule has 2 aliphatic rings. The number of amides is 1. The highest BCUT2D eigenvalue weighted by Gasteiger charge is 2.34. The van der Waals surface area contributed by atoms with Crippen LogP contribution in [0.2, 0.25) is 0 Å². The first-order chi connectivity index (χ1) is 5.81. The summed E-state index contributed by atoms with van der Waals surface area (Å²) < 4.78 is 5.14. The first kappa shape index (κ1) is 7.15. The smallest absolute Gasteiger partial charge is 0.284 e. The van der Waals surface area contributed by atoms with Crippen molar-refractivity contribution >= 4 is 12.4 Å². The fourth-order valence-corrected chi connectivity index (χ4v) is 1.37. The molecule has 2 heterocycles. The Balaban J connectivity index is 2.23. The molecule has 0 aromatic heterocycles. The maximum absolute atomic E-state index is 10.5. The number of hydrogen-bond donors (Lipinski definition) is 1. The molecule has 0 fully saturated rings. The summed E-state index contributed by atoms with van der Waals surface area (Å²) in [5.74, 6) is 0. The van der Waals surface area contributed by atoms with Gasteiger partial charge in [0.2, 0.25) is 6.41 Å². The van der Waals surface area contributed by atoms with Gasteiger partial charge in [0, 0.05) is 6.54 Å². The number of fused-ring (bicyclic) bond motifs is 1. The number of aliphatic imine (C=N–C) groups is 1. The van der Waals surface area contributed by atoms with E-state index in [0.717, 1.165) is 6.41 Å². The largest absolute Gasteiger partial charge is 0.454 e. The summed E-state index contributed by atoms with van der Waals surface area (Å²) in [5, 5.41) is 0. The van der Waals surface area contributed by atoms with Crippen molar-refractivity contribution in [1.82, 2.24) is 4.90 Å². The van der Waals surface area contributed by atoms with Crippen molar-refractivity contribution in [3.8, 4) is 0 Å². The highest BCUT2D eigenvalue weighted by molar-refractivity contribution is 5.74. The standard InChI is InChI=1S/C7H9N3O2/c8-7-9-6-5(12-7)2-1-3-10(6)4-11/h1-2,4-6H,3H2,(H2,8,9)/t5-,6+/m1/s1. The SMILES string of the molecule is NC1=N[C@@H]2[C@@H](C=CCN2C=O)O1. The van der Waals surface area contributed by atoms with Crippen LogP contribution in [-0.2, 0) is 9.53 Å². The van der Waals surface area contributed by atoms with E-state index in [9.17, 15) is 4.79 Å². The summed E-state index contributed by atoms with van der Waals surface area (Å²) in [6, 6.07) is 0.156. The number of hydrogen-bond acceptors (Lipinski definition) is 4. The molecule has 0 aromatic carbocycles. The van der Waals surface area contributed by atoms with Crippen molar-refractivity contribution in [2.75, 3.05) is 6.54 Å². The minimum absolute atomic E-state index is 0.156. The molecule has 2 N–H and O–H groups in total. The summed E-state index contributed by atoms with van der Waals surface area (Å²) in [4.78, 5) is 16.1. The zero-order chi connectivity index (χ0) is 8.55. The fraction of sp³-hybridized carbons (Fsp3) is 0.429. The fourth-order valence-electron chi connectivity index (χ4n) is 1.37. The molecule has 0 saturated heterocycles. The Labute approximate surface area is 69.5 Å². The zero-order valence-corrected chi connectivity index (χ0v) is 6.38. The minimum Gasteiger partial charge on any atom is -0.454 e. The molecule has 2 atom stereocenters. The van der Waals surface area contributed by atoms with Crippen molar-refractivity contribution < 1.29 is 9.53 Å². The van der Waals surface area contributed by atoms with Crippen molar-refractivity contribution in [2.24, 2.45) is 10.7 Å². The van der Waals surface area contributed by atoms with Gasteiger partial charge in [0.1, 0.15) is 0 Å². The predicted molar refractivity (Wildman–Crippen MR) is 42.2 cm³/mol. The van der Waals surface area contributed by atoms with Crippen LogP contribution >= 0.6 is 0 Å². The Morgan fingerprint density at radius 2 is 2.67 bits per heavy atom. The Hall–Kier alpha value is -1.52. The van der Waals surface area contributed by atoms with E-state index in [2.05, 4.69) is 4.99 Å². The number of ether oxygens (including phenoxy) is 1. The van der Waals surface area contributed by atoms with Crippen LogP contribution in [0.1, 0.15) is 0 Å². The molecule has 0 saturated carbocycles. The molecule has 12 heavy (non-hydrogen) atoms. The second-order valence-electron chi connectivity index (χ2n) is 2.69. The van der Waals surface area contributed by atoms with Gasteiger partial charge in [-0.2, -0.15) is 0 Å². The first-order valence-corrected chi connectivity index (χ1v) is 3.69. The molecule has 0 aromatic rings. The number of rotatable bonds is 1. The van der Waals surface area contributed by atoms with Gasteiger partial charge in [-0.1, -0.05) is 6.08 Å². The maximum atomic E-state index is 10.5. The Morgan fingerprint density at radius 3 is 3.42 bits per heavy atom.